The maximum absolute atomic E-state index is 13.0. The van der Waals surface area contributed by atoms with Gasteiger partial charge in [0, 0.05) is 10.9 Å². The van der Waals surface area contributed by atoms with Gasteiger partial charge in [0.2, 0.25) is 5.43 Å². The second-order valence-electron chi connectivity index (χ2n) is 5.73. The van der Waals surface area contributed by atoms with Gasteiger partial charge in [0.1, 0.15) is 11.1 Å². The minimum Gasteiger partial charge on any atom is -0.496 e. The summed E-state index contributed by atoms with van der Waals surface area (Å²) in [7, 11) is 1.40. The number of hydrogen-bond acceptors (Lipinski definition) is 6. The van der Waals surface area contributed by atoms with Crippen LogP contribution in [0.3, 0.4) is 0 Å². The highest BCUT2D eigenvalue weighted by molar-refractivity contribution is 5.88. The van der Waals surface area contributed by atoms with Crippen molar-refractivity contribution in [2.24, 2.45) is 5.16 Å². The van der Waals surface area contributed by atoms with Crippen LogP contribution >= 0.6 is 0 Å². The summed E-state index contributed by atoms with van der Waals surface area (Å²) in [6, 6.07) is 4.67. The smallest absolute Gasteiger partial charge is 0.202 e. The molecule has 0 radical (unpaired) electrons. The van der Waals surface area contributed by atoms with Crippen molar-refractivity contribution in [3.8, 4) is 5.75 Å². The summed E-state index contributed by atoms with van der Waals surface area (Å²) in [5.74, 6) is 0.237. The van der Waals surface area contributed by atoms with E-state index in [9.17, 15) is 19.6 Å². The summed E-state index contributed by atoms with van der Waals surface area (Å²) in [5.41, 5.74) is -0.661. The van der Waals surface area contributed by atoms with Gasteiger partial charge in [0.25, 0.3) is 0 Å². The summed E-state index contributed by atoms with van der Waals surface area (Å²) in [6.45, 7) is 3.59. The van der Waals surface area contributed by atoms with Crippen LogP contribution in [0, 0.1) is 10.4 Å². The van der Waals surface area contributed by atoms with E-state index < -0.39 is 16.3 Å². The summed E-state index contributed by atoms with van der Waals surface area (Å²) >= 11 is 0. The lowest BCUT2D eigenvalue weighted by Crippen LogP contribution is -2.34. The molecule has 0 heterocycles. The van der Waals surface area contributed by atoms with E-state index in [1.54, 1.807) is 26.0 Å². The first kappa shape index (κ1) is 16.8. The highest BCUT2D eigenvalue weighted by Crippen LogP contribution is 2.19. The van der Waals surface area contributed by atoms with E-state index in [2.05, 4.69) is 5.16 Å². The van der Waals surface area contributed by atoms with Crippen molar-refractivity contribution >= 4 is 10.8 Å². The van der Waals surface area contributed by atoms with E-state index in [-0.39, 0.29) is 32.3 Å². The van der Waals surface area contributed by atoms with Crippen LogP contribution in [-0.4, -0.2) is 12.3 Å². The molecule has 0 atom stereocenters. The molecule has 0 saturated carbocycles. The zero-order chi connectivity index (χ0) is 18.3. The summed E-state index contributed by atoms with van der Waals surface area (Å²) < 4.78 is 5.20. The predicted molar refractivity (Wildman–Crippen MR) is 93.1 cm³/mol. The van der Waals surface area contributed by atoms with Gasteiger partial charge in [-0.3, -0.25) is 14.4 Å². The topological polar surface area (TPSA) is 93.0 Å². The zero-order valence-corrected chi connectivity index (χ0v) is 14.2. The van der Waals surface area contributed by atoms with Crippen LogP contribution in [-0.2, 0) is 12.8 Å². The first-order chi connectivity index (χ1) is 12.0. The molecule has 128 valence electrons. The lowest BCUT2D eigenvalue weighted by molar-refractivity contribution is 0.300. The van der Waals surface area contributed by atoms with Crippen molar-refractivity contribution < 1.29 is 9.94 Å². The largest absolute Gasteiger partial charge is 0.496 e. The Morgan fingerprint density at radius 2 is 1.64 bits per heavy atom. The molecule has 0 spiro atoms. The molecule has 6 heteroatoms. The highest BCUT2D eigenvalue weighted by atomic mass is 16.5. The van der Waals surface area contributed by atoms with Gasteiger partial charge >= 0.3 is 0 Å². The number of hydrogen-bond donors (Lipinski definition) is 1. The molecule has 3 rings (SSSR count). The van der Waals surface area contributed by atoms with E-state index in [0.29, 0.717) is 24.0 Å². The third kappa shape index (κ3) is 2.17. The Kier molecular flexibility index (Phi) is 4.12. The molecule has 0 amide bonds. The highest BCUT2D eigenvalue weighted by Gasteiger charge is 2.19. The summed E-state index contributed by atoms with van der Waals surface area (Å²) in [4.78, 5) is 39.0. The van der Waals surface area contributed by atoms with Crippen LogP contribution < -0.4 is 26.4 Å². The standard InChI is InChI=1S/C19H17NO5/c1-4-9-10(5-2)17(21)15-14(16(9)20-24)18(22)11-7-6-8-12(25-3)13(11)19(15)23/h6-8,24H,4-5H2,1-3H3. The Morgan fingerprint density at radius 3 is 2.20 bits per heavy atom. The molecule has 1 aromatic rings. The molecule has 2 aliphatic carbocycles. The number of rotatable bonds is 3. The number of benzene rings is 1. The first-order valence-electron chi connectivity index (χ1n) is 8.01. The van der Waals surface area contributed by atoms with Gasteiger partial charge in [-0.25, -0.2) is 0 Å². The van der Waals surface area contributed by atoms with Crippen molar-refractivity contribution in [3.05, 3.63) is 75.8 Å². The average Bonchev–Trinajstić information content (AvgIpc) is 2.64. The van der Waals surface area contributed by atoms with Crippen LogP contribution in [0.5, 0.6) is 5.75 Å². The third-order valence-corrected chi connectivity index (χ3v) is 4.62. The molecule has 0 aromatic heterocycles. The molecule has 0 fully saturated rings. The molecule has 0 aliphatic heterocycles. The van der Waals surface area contributed by atoms with Gasteiger partial charge in [0.05, 0.1) is 22.9 Å². The van der Waals surface area contributed by atoms with Crippen LogP contribution in [0.4, 0.5) is 0 Å². The fourth-order valence-corrected chi connectivity index (χ4v) is 3.50. The SMILES string of the molecule is CCc1c(CC)c(=NO)c2c(=O)c3cccc(OC)c3c(=O)c=2c1=O. The van der Waals surface area contributed by atoms with Gasteiger partial charge in [-0.15, -0.1) is 0 Å². The van der Waals surface area contributed by atoms with E-state index in [1.807, 2.05) is 0 Å². The maximum atomic E-state index is 13.0. The third-order valence-electron chi connectivity index (χ3n) is 4.62. The molecule has 2 aliphatic rings. The van der Waals surface area contributed by atoms with Crippen molar-refractivity contribution in [1.29, 1.82) is 0 Å². The number of fused-ring (bicyclic) bond motifs is 1. The predicted octanol–water partition coefficient (Wildman–Crippen LogP) is 0.944. The average molecular weight is 339 g/mol. The van der Waals surface area contributed by atoms with Crippen LogP contribution in [0.2, 0.25) is 0 Å². The second kappa shape index (κ2) is 6.12. The van der Waals surface area contributed by atoms with E-state index in [1.165, 1.54) is 13.2 Å². The van der Waals surface area contributed by atoms with E-state index in [0.717, 1.165) is 0 Å². The lowest BCUT2D eigenvalue weighted by atomic mass is 9.95. The zero-order valence-electron chi connectivity index (χ0n) is 14.2. The fraction of sp³-hybridized carbons (Fsp3) is 0.263. The number of nitrogens with zero attached hydrogens (tertiary/aromatic N) is 1. The van der Waals surface area contributed by atoms with E-state index in [4.69, 9.17) is 4.74 Å². The van der Waals surface area contributed by atoms with Gasteiger partial charge < -0.3 is 9.94 Å². The Morgan fingerprint density at radius 1 is 0.960 bits per heavy atom. The minimum atomic E-state index is -0.575. The van der Waals surface area contributed by atoms with Gasteiger partial charge in [-0.1, -0.05) is 31.1 Å². The molecule has 1 N–H and O–H groups in total. The van der Waals surface area contributed by atoms with Gasteiger partial charge in [-0.05, 0) is 24.5 Å². The lowest BCUT2D eigenvalue weighted by Gasteiger charge is -2.08. The van der Waals surface area contributed by atoms with Crippen LogP contribution in [0.1, 0.15) is 25.0 Å². The maximum Gasteiger partial charge on any atom is 0.202 e. The monoisotopic (exact) mass is 339 g/mol. The minimum absolute atomic E-state index is 0.0146. The first-order valence-corrected chi connectivity index (χ1v) is 8.01. The van der Waals surface area contributed by atoms with Gasteiger partial charge in [0.15, 0.2) is 10.9 Å². The normalized spacial score (nSPS) is 12.2. The molecule has 0 bridgehead atoms. The molecule has 0 unspecified atom stereocenters. The quantitative estimate of drug-likeness (QED) is 0.566. The molecular formula is C19H17NO5. The molecule has 1 aromatic carbocycles. The van der Waals surface area contributed by atoms with Crippen LogP contribution in [0.25, 0.3) is 10.8 Å². The Bertz CT molecular complexity index is 1270. The van der Waals surface area contributed by atoms with Crippen molar-refractivity contribution in [1.82, 2.24) is 0 Å². The van der Waals surface area contributed by atoms with Crippen molar-refractivity contribution in [3.63, 3.8) is 0 Å². The molecule has 6 nitrogen and oxygen atoms in total. The summed E-state index contributed by atoms with van der Waals surface area (Å²) in [6.07, 6.45) is 0.787. The number of ether oxygens (including phenoxy) is 1. The molecule has 0 saturated heterocycles. The second-order valence-corrected chi connectivity index (χ2v) is 5.73. The Hall–Kier alpha value is -3.02. The summed E-state index contributed by atoms with van der Waals surface area (Å²) in [5, 5.41) is 12.7. The Labute approximate surface area is 142 Å². The van der Waals surface area contributed by atoms with Crippen molar-refractivity contribution in [2.75, 3.05) is 7.11 Å². The van der Waals surface area contributed by atoms with Crippen LogP contribution in [0.15, 0.2) is 37.7 Å². The molecule has 25 heavy (non-hydrogen) atoms. The van der Waals surface area contributed by atoms with Crippen molar-refractivity contribution in [2.45, 2.75) is 26.7 Å². The molecular weight excluding hydrogens is 322 g/mol. The Balaban J connectivity index is 2.91. The fourth-order valence-electron chi connectivity index (χ4n) is 3.50. The van der Waals surface area contributed by atoms with E-state index >= 15 is 0 Å². The van der Waals surface area contributed by atoms with Gasteiger partial charge in [-0.2, -0.15) is 0 Å². The number of methoxy groups -OCH3 is 1.